The minimum Gasteiger partial charge on any atom is -0.341 e. The van der Waals surface area contributed by atoms with E-state index in [1.807, 2.05) is 30.3 Å². The average Bonchev–Trinajstić information content (AvgIpc) is 2.91. The summed E-state index contributed by atoms with van der Waals surface area (Å²) in [5.74, 6) is 0.777. The lowest BCUT2D eigenvalue weighted by atomic mass is 10.2. The van der Waals surface area contributed by atoms with Crippen LogP contribution in [-0.4, -0.2) is 28.0 Å². The van der Waals surface area contributed by atoms with Gasteiger partial charge in [0.2, 0.25) is 0 Å². The zero-order chi connectivity index (χ0) is 13.9. The molecule has 0 bridgehead atoms. The fraction of sp³-hybridized carbons (Fsp3) is 0.0714. The summed E-state index contributed by atoms with van der Waals surface area (Å²) in [4.78, 5) is 23.0. The van der Waals surface area contributed by atoms with E-state index < -0.39 is 0 Å². The van der Waals surface area contributed by atoms with E-state index in [0.717, 1.165) is 28.1 Å². The van der Waals surface area contributed by atoms with E-state index >= 15 is 0 Å². The van der Waals surface area contributed by atoms with Gasteiger partial charge < -0.3 is 15.6 Å². The van der Waals surface area contributed by atoms with E-state index in [-0.39, 0.29) is 6.03 Å². The van der Waals surface area contributed by atoms with Gasteiger partial charge in [0.25, 0.3) is 0 Å². The third-order valence-electron chi connectivity index (χ3n) is 2.93. The number of hydrogen-bond acceptors (Lipinski definition) is 3. The molecule has 6 nitrogen and oxygen atoms in total. The summed E-state index contributed by atoms with van der Waals surface area (Å²) in [6, 6.07) is 9.07. The Balaban J connectivity index is 1.88. The first-order chi connectivity index (χ1) is 9.76. The summed E-state index contributed by atoms with van der Waals surface area (Å²) in [5, 5.41) is 5.21. The van der Waals surface area contributed by atoms with Gasteiger partial charge in [-0.05, 0) is 30.3 Å². The first-order valence-corrected chi connectivity index (χ1v) is 6.15. The van der Waals surface area contributed by atoms with Gasteiger partial charge in [0, 0.05) is 24.5 Å². The van der Waals surface area contributed by atoms with Crippen molar-refractivity contribution in [1.82, 2.24) is 20.3 Å². The Morgan fingerprint density at radius 3 is 2.70 bits per heavy atom. The van der Waals surface area contributed by atoms with E-state index in [1.165, 1.54) is 0 Å². The van der Waals surface area contributed by atoms with Crippen LogP contribution in [0.1, 0.15) is 0 Å². The van der Waals surface area contributed by atoms with Crippen LogP contribution in [0.4, 0.5) is 10.5 Å². The van der Waals surface area contributed by atoms with Crippen LogP contribution in [0.3, 0.4) is 0 Å². The zero-order valence-electron chi connectivity index (χ0n) is 10.8. The van der Waals surface area contributed by atoms with Crippen LogP contribution >= 0.6 is 0 Å². The number of nitrogens with zero attached hydrogens (tertiary/aromatic N) is 2. The van der Waals surface area contributed by atoms with Crippen LogP contribution < -0.4 is 10.6 Å². The van der Waals surface area contributed by atoms with Gasteiger partial charge in [0.1, 0.15) is 5.82 Å². The molecule has 0 aliphatic heterocycles. The highest BCUT2D eigenvalue weighted by Gasteiger charge is 2.05. The molecule has 2 aromatic heterocycles. The molecule has 3 N–H and O–H groups in total. The molecule has 0 aliphatic rings. The Hall–Kier alpha value is -2.89. The van der Waals surface area contributed by atoms with Gasteiger partial charge in [-0.25, -0.2) is 9.78 Å². The molecule has 2 amide bonds. The zero-order valence-corrected chi connectivity index (χ0v) is 10.8. The topological polar surface area (TPSA) is 82.7 Å². The number of pyridine rings is 1. The summed E-state index contributed by atoms with van der Waals surface area (Å²) >= 11 is 0. The van der Waals surface area contributed by atoms with Crippen molar-refractivity contribution in [3.05, 3.63) is 42.7 Å². The van der Waals surface area contributed by atoms with Crippen molar-refractivity contribution in [2.24, 2.45) is 0 Å². The number of imidazole rings is 1. The number of carbonyl (C=O) groups excluding carboxylic acids is 1. The van der Waals surface area contributed by atoms with Crippen LogP contribution in [0, 0.1) is 0 Å². The van der Waals surface area contributed by atoms with Gasteiger partial charge >= 0.3 is 6.03 Å². The molecule has 100 valence electrons. The Kier molecular flexibility index (Phi) is 3.04. The minimum absolute atomic E-state index is 0.243. The molecular formula is C14H13N5O. The number of anilines is 1. The van der Waals surface area contributed by atoms with Crippen molar-refractivity contribution in [2.45, 2.75) is 0 Å². The Morgan fingerprint density at radius 2 is 2.00 bits per heavy atom. The number of hydrogen-bond donors (Lipinski definition) is 3. The SMILES string of the molecule is CNC(=O)Nc1ccc(-c2nc3ccncc3[nH]2)cc1. The number of carbonyl (C=O) groups is 1. The van der Waals surface area contributed by atoms with Crippen LogP contribution in [-0.2, 0) is 0 Å². The molecule has 0 fully saturated rings. The molecule has 0 radical (unpaired) electrons. The smallest absolute Gasteiger partial charge is 0.318 e. The second-order valence-electron chi connectivity index (χ2n) is 4.26. The molecule has 0 saturated heterocycles. The molecule has 0 saturated carbocycles. The quantitative estimate of drug-likeness (QED) is 0.666. The number of fused-ring (bicyclic) bond motifs is 1. The van der Waals surface area contributed by atoms with Crippen molar-refractivity contribution in [2.75, 3.05) is 12.4 Å². The van der Waals surface area contributed by atoms with Gasteiger partial charge in [-0.15, -0.1) is 0 Å². The molecule has 2 heterocycles. The first kappa shape index (κ1) is 12.2. The van der Waals surface area contributed by atoms with Crippen LogP contribution in [0.2, 0.25) is 0 Å². The van der Waals surface area contributed by atoms with Crippen molar-refractivity contribution in [3.8, 4) is 11.4 Å². The Morgan fingerprint density at radius 1 is 1.20 bits per heavy atom. The maximum Gasteiger partial charge on any atom is 0.318 e. The number of aromatic nitrogens is 3. The Labute approximate surface area is 115 Å². The van der Waals surface area contributed by atoms with Crippen LogP contribution in [0.5, 0.6) is 0 Å². The van der Waals surface area contributed by atoms with E-state index in [0.29, 0.717) is 0 Å². The minimum atomic E-state index is -0.243. The largest absolute Gasteiger partial charge is 0.341 e. The van der Waals surface area contributed by atoms with Crippen LogP contribution in [0.25, 0.3) is 22.4 Å². The highest BCUT2D eigenvalue weighted by molar-refractivity contribution is 5.89. The standard InChI is InChI=1S/C14H13N5O/c1-15-14(20)17-10-4-2-9(3-5-10)13-18-11-6-7-16-8-12(11)19-13/h2-8H,1H3,(H,18,19)(H2,15,17,20). The predicted octanol–water partition coefficient (Wildman–Crippen LogP) is 2.38. The van der Waals surface area contributed by atoms with E-state index in [2.05, 4.69) is 25.6 Å². The molecular weight excluding hydrogens is 254 g/mol. The normalized spacial score (nSPS) is 10.4. The van der Waals surface area contributed by atoms with Crippen molar-refractivity contribution < 1.29 is 4.79 Å². The maximum atomic E-state index is 11.2. The molecule has 3 rings (SSSR count). The Bertz CT molecular complexity index is 715. The number of urea groups is 1. The third kappa shape index (κ3) is 2.31. The van der Waals surface area contributed by atoms with Crippen molar-refractivity contribution in [3.63, 3.8) is 0 Å². The summed E-state index contributed by atoms with van der Waals surface area (Å²) < 4.78 is 0. The molecule has 0 aliphatic carbocycles. The monoisotopic (exact) mass is 267 g/mol. The second kappa shape index (κ2) is 5.00. The number of nitrogens with one attached hydrogen (secondary N) is 3. The van der Waals surface area contributed by atoms with Gasteiger partial charge in [0.05, 0.1) is 17.2 Å². The van der Waals surface area contributed by atoms with Gasteiger partial charge in [0.15, 0.2) is 0 Å². The summed E-state index contributed by atoms with van der Waals surface area (Å²) in [7, 11) is 1.58. The van der Waals surface area contributed by atoms with Crippen LogP contribution in [0.15, 0.2) is 42.7 Å². The highest BCUT2D eigenvalue weighted by Crippen LogP contribution is 2.21. The van der Waals surface area contributed by atoms with E-state index in [9.17, 15) is 4.79 Å². The van der Waals surface area contributed by atoms with E-state index in [4.69, 9.17) is 0 Å². The summed E-state index contributed by atoms with van der Waals surface area (Å²) in [5.41, 5.74) is 3.45. The van der Waals surface area contributed by atoms with E-state index in [1.54, 1.807) is 19.4 Å². The average molecular weight is 267 g/mol. The number of benzene rings is 1. The molecule has 0 atom stereocenters. The number of rotatable bonds is 2. The lowest BCUT2D eigenvalue weighted by Crippen LogP contribution is -2.24. The second-order valence-corrected chi connectivity index (χ2v) is 4.26. The highest BCUT2D eigenvalue weighted by atomic mass is 16.2. The maximum absolute atomic E-state index is 11.2. The first-order valence-electron chi connectivity index (χ1n) is 6.15. The fourth-order valence-electron chi connectivity index (χ4n) is 1.90. The summed E-state index contributed by atoms with van der Waals surface area (Å²) in [6.07, 6.45) is 3.46. The lowest BCUT2D eigenvalue weighted by molar-refractivity contribution is 0.254. The summed E-state index contributed by atoms with van der Waals surface area (Å²) in [6.45, 7) is 0. The third-order valence-corrected chi connectivity index (χ3v) is 2.93. The predicted molar refractivity (Wildman–Crippen MR) is 77.4 cm³/mol. The molecule has 1 aromatic carbocycles. The van der Waals surface area contributed by atoms with Gasteiger partial charge in [-0.1, -0.05) is 0 Å². The number of H-pyrrole nitrogens is 1. The lowest BCUT2D eigenvalue weighted by Gasteiger charge is -2.04. The molecule has 6 heteroatoms. The molecule has 0 spiro atoms. The van der Waals surface area contributed by atoms with Gasteiger partial charge in [-0.3, -0.25) is 4.98 Å². The number of aromatic amines is 1. The van der Waals surface area contributed by atoms with Gasteiger partial charge in [-0.2, -0.15) is 0 Å². The molecule has 3 aromatic rings. The fourth-order valence-corrected chi connectivity index (χ4v) is 1.90. The van der Waals surface area contributed by atoms with Crippen molar-refractivity contribution in [1.29, 1.82) is 0 Å². The molecule has 20 heavy (non-hydrogen) atoms. The molecule has 0 unspecified atom stereocenters. The van der Waals surface area contributed by atoms with Crippen molar-refractivity contribution >= 4 is 22.8 Å². The number of amides is 2.